The highest BCUT2D eigenvalue weighted by Gasteiger charge is 2.22. The topological polar surface area (TPSA) is 15.6 Å². The van der Waals surface area contributed by atoms with Gasteiger partial charge in [0.05, 0.1) is 13.1 Å². The number of halogens is 3. The average Bonchev–Trinajstić information content (AvgIpc) is 2.50. The second kappa shape index (κ2) is 5.14. The Morgan fingerprint density at radius 2 is 2.46 bits per heavy atom. The van der Waals surface area contributed by atoms with Crippen LogP contribution in [0.5, 0.6) is 0 Å². The molecule has 0 N–H and O–H groups in total. The third kappa shape index (κ3) is 3.42. The van der Waals surface area contributed by atoms with Crippen molar-refractivity contribution >= 4 is 32.9 Å². The molecule has 0 aromatic heterocycles. The predicted molar refractivity (Wildman–Crippen MR) is 56.1 cm³/mol. The van der Waals surface area contributed by atoms with E-state index < -0.39 is 6.43 Å². The molecule has 0 aromatic rings. The molecule has 0 amide bonds. The number of thioether (sulfide) groups is 1. The zero-order valence-corrected chi connectivity index (χ0v) is 9.62. The molecule has 1 unspecified atom stereocenters. The van der Waals surface area contributed by atoms with Crippen LogP contribution < -0.4 is 0 Å². The van der Waals surface area contributed by atoms with Crippen molar-refractivity contribution in [1.29, 1.82) is 0 Å². The van der Waals surface area contributed by atoms with E-state index in [2.05, 4.69) is 20.9 Å². The number of alkyl halides is 3. The van der Waals surface area contributed by atoms with Gasteiger partial charge in [-0.2, -0.15) is 0 Å². The molecule has 0 saturated heterocycles. The molecule has 0 saturated carbocycles. The van der Waals surface area contributed by atoms with Crippen LogP contribution in [0.4, 0.5) is 8.78 Å². The number of hydrogen-bond donors (Lipinski definition) is 0. The van der Waals surface area contributed by atoms with Gasteiger partial charge in [0.15, 0.2) is 5.17 Å². The summed E-state index contributed by atoms with van der Waals surface area (Å²) in [7, 11) is 1.65. The summed E-state index contributed by atoms with van der Waals surface area (Å²) in [5, 5.41) is 1.98. The maximum atomic E-state index is 12.0. The van der Waals surface area contributed by atoms with E-state index in [1.165, 1.54) is 4.90 Å². The second-order valence-electron chi connectivity index (χ2n) is 2.79. The summed E-state index contributed by atoms with van der Waals surface area (Å²) < 4.78 is 24.0. The van der Waals surface area contributed by atoms with Crippen molar-refractivity contribution in [3.05, 3.63) is 0 Å². The van der Waals surface area contributed by atoms with Gasteiger partial charge in [0.2, 0.25) is 0 Å². The zero-order chi connectivity index (χ0) is 9.84. The lowest BCUT2D eigenvalue weighted by Gasteiger charge is -2.17. The van der Waals surface area contributed by atoms with Gasteiger partial charge in [-0.3, -0.25) is 4.99 Å². The first-order chi connectivity index (χ1) is 6.13. The molecule has 6 heteroatoms. The number of amidine groups is 1. The highest BCUT2D eigenvalue weighted by molar-refractivity contribution is 9.09. The fraction of sp³-hybridized carbons (Fsp3) is 0.857. The second-order valence-corrected chi connectivity index (χ2v) is 4.70. The van der Waals surface area contributed by atoms with Gasteiger partial charge in [-0.25, -0.2) is 8.78 Å². The third-order valence-corrected chi connectivity index (χ3v) is 4.12. The van der Waals surface area contributed by atoms with Crippen LogP contribution in [0.25, 0.3) is 0 Å². The molecule has 1 aliphatic heterocycles. The Balaban J connectivity index is 2.36. The smallest absolute Gasteiger partial charge is 0.255 e. The molecule has 1 heterocycles. The zero-order valence-electron chi connectivity index (χ0n) is 7.21. The Morgan fingerprint density at radius 1 is 1.77 bits per heavy atom. The molecule has 1 aliphatic rings. The summed E-state index contributed by atoms with van der Waals surface area (Å²) in [6, 6.07) is 0. The summed E-state index contributed by atoms with van der Waals surface area (Å²) in [6.07, 6.45) is -2.30. The van der Waals surface area contributed by atoms with E-state index in [9.17, 15) is 8.78 Å². The van der Waals surface area contributed by atoms with Crippen molar-refractivity contribution in [2.24, 2.45) is 4.99 Å². The molecular weight excluding hydrogens is 262 g/mol. The van der Waals surface area contributed by atoms with Crippen LogP contribution >= 0.6 is 27.7 Å². The molecule has 0 aliphatic carbocycles. The van der Waals surface area contributed by atoms with Crippen molar-refractivity contribution < 1.29 is 8.78 Å². The minimum atomic E-state index is -2.30. The summed E-state index contributed by atoms with van der Waals surface area (Å²) in [6.45, 7) is 0.486. The van der Waals surface area contributed by atoms with Gasteiger partial charge < -0.3 is 4.90 Å². The maximum absolute atomic E-state index is 12.0. The standard InChI is InChI=1S/C7H11BrF2N2S/c1-12(4-6(9)10)7-11-3-5(2-8)13-7/h5-6H,2-4H2,1H3. The van der Waals surface area contributed by atoms with Gasteiger partial charge in [-0.15, -0.1) is 0 Å². The highest BCUT2D eigenvalue weighted by atomic mass is 79.9. The molecule has 76 valence electrons. The van der Waals surface area contributed by atoms with Gasteiger partial charge in [0, 0.05) is 17.6 Å². The van der Waals surface area contributed by atoms with Crippen LogP contribution in [-0.2, 0) is 0 Å². The number of aliphatic imine (C=N–C) groups is 1. The van der Waals surface area contributed by atoms with Gasteiger partial charge in [-0.1, -0.05) is 27.7 Å². The van der Waals surface area contributed by atoms with E-state index in [0.29, 0.717) is 5.25 Å². The van der Waals surface area contributed by atoms with Gasteiger partial charge >= 0.3 is 0 Å². The lowest BCUT2D eigenvalue weighted by molar-refractivity contribution is 0.124. The minimum absolute atomic E-state index is 0.235. The first-order valence-corrected chi connectivity index (χ1v) is 5.90. The third-order valence-electron chi connectivity index (χ3n) is 1.61. The van der Waals surface area contributed by atoms with Gasteiger partial charge in [0.1, 0.15) is 0 Å². The molecular formula is C7H11BrF2N2S. The summed E-state index contributed by atoms with van der Waals surface area (Å²) in [5.41, 5.74) is 0. The van der Waals surface area contributed by atoms with E-state index in [4.69, 9.17) is 0 Å². The highest BCUT2D eigenvalue weighted by Crippen LogP contribution is 2.24. The van der Waals surface area contributed by atoms with E-state index in [-0.39, 0.29) is 6.54 Å². The fourth-order valence-electron chi connectivity index (χ4n) is 0.980. The Kier molecular flexibility index (Phi) is 4.45. The first kappa shape index (κ1) is 11.2. The Bertz CT molecular complexity index is 201. The van der Waals surface area contributed by atoms with Crippen molar-refractivity contribution in [2.75, 3.05) is 25.5 Å². The molecule has 13 heavy (non-hydrogen) atoms. The van der Waals surface area contributed by atoms with E-state index in [1.807, 2.05) is 0 Å². The molecule has 0 fully saturated rings. The van der Waals surface area contributed by atoms with E-state index in [0.717, 1.165) is 17.0 Å². The van der Waals surface area contributed by atoms with Crippen LogP contribution in [0.15, 0.2) is 4.99 Å². The Morgan fingerprint density at radius 3 is 2.92 bits per heavy atom. The number of nitrogens with zero attached hydrogens (tertiary/aromatic N) is 2. The van der Waals surface area contributed by atoms with Crippen LogP contribution in [0, 0.1) is 0 Å². The summed E-state index contributed by atoms with van der Waals surface area (Å²) in [4.78, 5) is 5.70. The lowest BCUT2D eigenvalue weighted by atomic mass is 10.5. The molecule has 1 atom stereocenters. The molecule has 0 bridgehead atoms. The largest absolute Gasteiger partial charge is 0.349 e. The first-order valence-electron chi connectivity index (χ1n) is 3.90. The van der Waals surface area contributed by atoms with Crippen LogP contribution in [0.2, 0.25) is 0 Å². The minimum Gasteiger partial charge on any atom is -0.349 e. The maximum Gasteiger partial charge on any atom is 0.255 e. The number of rotatable bonds is 3. The summed E-state index contributed by atoms with van der Waals surface area (Å²) >= 11 is 4.90. The normalized spacial score (nSPS) is 22.2. The van der Waals surface area contributed by atoms with Crippen molar-refractivity contribution in [1.82, 2.24) is 4.90 Å². The van der Waals surface area contributed by atoms with E-state index in [1.54, 1.807) is 18.8 Å². The van der Waals surface area contributed by atoms with Crippen LogP contribution in [-0.4, -0.2) is 47.2 Å². The summed E-state index contributed by atoms with van der Waals surface area (Å²) in [5.74, 6) is 0. The van der Waals surface area contributed by atoms with Crippen molar-refractivity contribution in [3.8, 4) is 0 Å². The van der Waals surface area contributed by atoms with Gasteiger partial charge in [-0.05, 0) is 0 Å². The Labute approximate surface area is 88.9 Å². The molecule has 0 aromatic carbocycles. The van der Waals surface area contributed by atoms with Crippen molar-refractivity contribution in [2.45, 2.75) is 11.7 Å². The molecule has 2 nitrogen and oxygen atoms in total. The van der Waals surface area contributed by atoms with E-state index >= 15 is 0 Å². The lowest BCUT2D eigenvalue weighted by Crippen LogP contribution is -2.28. The average molecular weight is 273 g/mol. The fourth-order valence-corrected chi connectivity index (χ4v) is 2.49. The van der Waals surface area contributed by atoms with Crippen LogP contribution in [0.1, 0.15) is 0 Å². The van der Waals surface area contributed by atoms with Crippen molar-refractivity contribution in [3.63, 3.8) is 0 Å². The molecule has 1 rings (SSSR count). The predicted octanol–water partition coefficient (Wildman–Crippen LogP) is 2.05. The Hall–Kier alpha value is 0.160. The van der Waals surface area contributed by atoms with Crippen LogP contribution in [0.3, 0.4) is 0 Å². The van der Waals surface area contributed by atoms with Gasteiger partial charge in [0.25, 0.3) is 6.43 Å². The monoisotopic (exact) mass is 272 g/mol. The quantitative estimate of drug-likeness (QED) is 0.731. The molecule has 0 radical (unpaired) electrons. The number of hydrogen-bond acceptors (Lipinski definition) is 3. The SMILES string of the molecule is CN(CC(F)F)C1=NCC(CBr)S1. The molecule has 0 spiro atoms.